The number of nitrogens with zero attached hydrogens (tertiary/aromatic N) is 1. The molecule has 0 aromatic heterocycles. The number of carbonyl (C=O) groups is 1. The SMILES string of the molecule is CON(C)C(=O)c1cc(S(=O)(=O)NC(C)C)ccc1Cl. The Balaban J connectivity index is 3.25. The normalized spacial score (nSPS) is 11.7. The maximum Gasteiger partial charge on any atom is 0.278 e. The lowest BCUT2D eigenvalue weighted by Gasteiger charge is -2.16. The third-order valence-electron chi connectivity index (χ3n) is 2.43. The molecule has 1 aromatic carbocycles. The van der Waals surface area contributed by atoms with Crippen molar-refractivity contribution in [1.29, 1.82) is 0 Å². The lowest BCUT2D eigenvalue weighted by atomic mass is 10.2. The number of carbonyl (C=O) groups excluding carboxylic acids is 1. The molecule has 0 aliphatic rings. The lowest BCUT2D eigenvalue weighted by molar-refractivity contribution is -0.0757. The van der Waals surface area contributed by atoms with Gasteiger partial charge in [-0.3, -0.25) is 9.63 Å². The highest BCUT2D eigenvalue weighted by Crippen LogP contribution is 2.22. The molecule has 6 nitrogen and oxygen atoms in total. The summed E-state index contributed by atoms with van der Waals surface area (Å²) in [5.41, 5.74) is 0.0580. The molecule has 1 amide bonds. The van der Waals surface area contributed by atoms with Crippen molar-refractivity contribution in [2.45, 2.75) is 24.8 Å². The molecule has 0 aliphatic heterocycles. The highest BCUT2D eigenvalue weighted by atomic mass is 35.5. The molecular formula is C12H17ClN2O4S. The van der Waals surface area contributed by atoms with Gasteiger partial charge in [-0.1, -0.05) is 11.6 Å². The highest BCUT2D eigenvalue weighted by Gasteiger charge is 2.21. The first-order valence-corrected chi connectivity index (χ1v) is 7.69. The third-order valence-corrected chi connectivity index (χ3v) is 4.42. The Labute approximate surface area is 123 Å². The van der Waals surface area contributed by atoms with Crippen LogP contribution in [0.1, 0.15) is 24.2 Å². The first-order valence-electron chi connectivity index (χ1n) is 5.83. The zero-order valence-electron chi connectivity index (χ0n) is 11.7. The zero-order chi connectivity index (χ0) is 15.5. The quantitative estimate of drug-likeness (QED) is 0.837. The van der Waals surface area contributed by atoms with Gasteiger partial charge in [0.2, 0.25) is 10.0 Å². The molecule has 0 atom stereocenters. The van der Waals surface area contributed by atoms with E-state index in [1.807, 2.05) is 0 Å². The van der Waals surface area contributed by atoms with Crippen molar-refractivity contribution < 1.29 is 18.0 Å². The molecule has 0 fully saturated rings. The van der Waals surface area contributed by atoms with Crippen LogP contribution in [0, 0.1) is 0 Å². The highest BCUT2D eigenvalue weighted by molar-refractivity contribution is 7.89. The molecule has 0 saturated carbocycles. The van der Waals surface area contributed by atoms with Crippen LogP contribution in [0.2, 0.25) is 5.02 Å². The number of sulfonamides is 1. The standard InChI is InChI=1S/C12H17ClN2O4S/c1-8(2)14-20(17,18)9-5-6-11(13)10(7-9)12(16)15(3)19-4/h5-8,14H,1-4H3. The summed E-state index contributed by atoms with van der Waals surface area (Å²) in [6, 6.07) is 3.69. The Bertz CT molecular complexity index is 601. The fraction of sp³-hybridized carbons (Fsp3) is 0.417. The van der Waals surface area contributed by atoms with Gasteiger partial charge in [0, 0.05) is 13.1 Å². The van der Waals surface area contributed by atoms with E-state index in [4.69, 9.17) is 16.4 Å². The van der Waals surface area contributed by atoms with Crippen LogP contribution in [-0.4, -0.2) is 39.6 Å². The van der Waals surface area contributed by atoms with Gasteiger partial charge in [-0.2, -0.15) is 0 Å². The number of nitrogens with one attached hydrogen (secondary N) is 1. The number of halogens is 1. The summed E-state index contributed by atoms with van der Waals surface area (Å²) >= 11 is 5.93. The second-order valence-corrected chi connectivity index (χ2v) is 6.52. The summed E-state index contributed by atoms with van der Waals surface area (Å²) in [6.07, 6.45) is 0. The van der Waals surface area contributed by atoms with Crippen molar-refractivity contribution in [2.24, 2.45) is 0 Å². The monoisotopic (exact) mass is 320 g/mol. The van der Waals surface area contributed by atoms with Crippen LogP contribution >= 0.6 is 11.6 Å². The lowest BCUT2D eigenvalue weighted by Crippen LogP contribution is -2.31. The number of benzene rings is 1. The van der Waals surface area contributed by atoms with Crippen LogP contribution < -0.4 is 4.72 Å². The van der Waals surface area contributed by atoms with Gasteiger partial charge in [-0.05, 0) is 32.0 Å². The van der Waals surface area contributed by atoms with E-state index >= 15 is 0 Å². The summed E-state index contributed by atoms with van der Waals surface area (Å²) in [6.45, 7) is 3.41. The number of amides is 1. The molecule has 1 N–H and O–H groups in total. The molecule has 1 aromatic rings. The summed E-state index contributed by atoms with van der Waals surface area (Å²) in [7, 11) is -0.950. The predicted molar refractivity (Wildman–Crippen MR) is 76.0 cm³/mol. The van der Waals surface area contributed by atoms with Crippen molar-refractivity contribution in [1.82, 2.24) is 9.79 Å². The van der Waals surface area contributed by atoms with Gasteiger partial charge < -0.3 is 0 Å². The summed E-state index contributed by atoms with van der Waals surface area (Å²) in [5.74, 6) is -0.529. The van der Waals surface area contributed by atoms with E-state index < -0.39 is 15.9 Å². The smallest absolute Gasteiger partial charge is 0.274 e. The molecule has 0 heterocycles. The molecular weight excluding hydrogens is 304 g/mol. The van der Waals surface area contributed by atoms with Crippen molar-refractivity contribution in [3.05, 3.63) is 28.8 Å². The van der Waals surface area contributed by atoms with E-state index in [0.29, 0.717) is 0 Å². The Morgan fingerprint density at radius 2 is 2.00 bits per heavy atom. The zero-order valence-corrected chi connectivity index (χ0v) is 13.2. The van der Waals surface area contributed by atoms with Gasteiger partial charge in [-0.15, -0.1) is 0 Å². The van der Waals surface area contributed by atoms with Crippen molar-refractivity contribution in [3.63, 3.8) is 0 Å². The maximum absolute atomic E-state index is 12.1. The first kappa shape index (κ1) is 16.9. The number of rotatable bonds is 5. The van der Waals surface area contributed by atoms with Crippen LogP contribution in [-0.2, 0) is 14.9 Å². The van der Waals surface area contributed by atoms with Crippen LogP contribution in [0.4, 0.5) is 0 Å². The average Bonchev–Trinajstić information content (AvgIpc) is 2.35. The minimum atomic E-state index is -3.68. The summed E-state index contributed by atoms with van der Waals surface area (Å²) in [5, 5.41) is 1.12. The van der Waals surface area contributed by atoms with Gasteiger partial charge >= 0.3 is 0 Å². The number of hydroxylamine groups is 2. The topological polar surface area (TPSA) is 75.7 Å². The van der Waals surface area contributed by atoms with Gasteiger partial charge in [0.25, 0.3) is 5.91 Å². The molecule has 112 valence electrons. The van der Waals surface area contributed by atoms with Crippen molar-refractivity contribution >= 4 is 27.5 Å². The maximum atomic E-state index is 12.1. The third kappa shape index (κ3) is 3.92. The van der Waals surface area contributed by atoms with Gasteiger partial charge in [0.1, 0.15) is 0 Å². The molecule has 0 aliphatic carbocycles. The van der Waals surface area contributed by atoms with E-state index in [9.17, 15) is 13.2 Å². The molecule has 0 radical (unpaired) electrons. The Morgan fingerprint density at radius 1 is 1.40 bits per heavy atom. The van der Waals surface area contributed by atoms with Gasteiger partial charge in [0.15, 0.2) is 0 Å². The number of hydrogen-bond acceptors (Lipinski definition) is 4. The van der Waals surface area contributed by atoms with Crippen molar-refractivity contribution in [3.8, 4) is 0 Å². The molecule has 0 unspecified atom stereocenters. The van der Waals surface area contributed by atoms with Crippen LogP contribution in [0.15, 0.2) is 23.1 Å². The largest absolute Gasteiger partial charge is 0.278 e. The molecule has 20 heavy (non-hydrogen) atoms. The second-order valence-electron chi connectivity index (χ2n) is 4.40. The van der Waals surface area contributed by atoms with Gasteiger partial charge in [-0.25, -0.2) is 18.2 Å². The minimum absolute atomic E-state index is 0.0246. The summed E-state index contributed by atoms with van der Waals surface area (Å²) in [4.78, 5) is 16.7. The Morgan fingerprint density at radius 3 is 2.50 bits per heavy atom. The molecule has 1 rings (SSSR count). The van der Waals surface area contributed by atoms with E-state index in [2.05, 4.69) is 4.72 Å². The molecule has 8 heteroatoms. The molecule has 0 spiro atoms. The average molecular weight is 321 g/mol. The van der Waals surface area contributed by atoms with E-state index in [1.165, 1.54) is 32.4 Å². The van der Waals surface area contributed by atoms with Crippen LogP contribution in [0.5, 0.6) is 0 Å². The van der Waals surface area contributed by atoms with E-state index in [1.54, 1.807) is 13.8 Å². The molecule has 0 saturated heterocycles. The predicted octanol–water partition coefficient (Wildman–Crippen LogP) is 1.66. The molecule has 0 bridgehead atoms. The van der Waals surface area contributed by atoms with E-state index in [0.717, 1.165) is 5.06 Å². The first-order chi connectivity index (χ1) is 9.19. The fourth-order valence-electron chi connectivity index (χ4n) is 1.47. The summed E-state index contributed by atoms with van der Waals surface area (Å²) < 4.78 is 26.6. The van der Waals surface area contributed by atoms with Crippen LogP contribution in [0.3, 0.4) is 0 Å². The second kappa shape index (κ2) is 6.53. The van der Waals surface area contributed by atoms with Crippen LogP contribution in [0.25, 0.3) is 0 Å². The van der Waals surface area contributed by atoms with E-state index in [-0.39, 0.29) is 21.5 Å². The van der Waals surface area contributed by atoms with Gasteiger partial charge in [0.05, 0.1) is 22.6 Å². The van der Waals surface area contributed by atoms with Crippen molar-refractivity contribution in [2.75, 3.05) is 14.2 Å². The Hall–Kier alpha value is -1.15. The Kier molecular flexibility index (Phi) is 5.52. The minimum Gasteiger partial charge on any atom is -0.274 e. The number of hydrogen-bond donors (Lipinski definition) is 1. The fourth-order valence-corrected chi connectivity index (χ4v) is 2.94.